The van der Waals surface area contributed by atoms with E-state index in [2.05, 4.69) is 35.5 Å². The van der Waals surface area contributed by atoms with Crippen molar-refractivity contribution >= 4 is 11.6 Å². The van der Waals surface area contributed by atoms with Crippen LogP contribution >= 0.6 is 0 Å². The molecule has 0 N–H and O–H groups in total. The Kier molecular flexibility index (Phi) is 6.37. The number of aryl methyl sites for hydroxylation is 1. The van der Waals surface area contributed by atoms with Crippen LogP contribution in [0.3, 0.4) is 0 Å². The monoisotopic (exact) mass is 386 g/mol. The molecule has 0 saturated carbocycles. The SMILES string of the molecule is Cc1nn(CC(C)C)c(C)c1CCC(=O)N1CCN(c2ccc(F)cc2)CC1. The third kappa shape index (κ3) is 4.72. The molecular formula is C22H31FN4O. The van der Waals surface area contributed by atoms with Crippen molar-refractivity contribution in [3.8, 4) is 0 Å². The quantitative estimate of drug-likeness (QED) is 0.762. The Morgan fingerprint density at radius 3 is 2.36 bits per heavy atom. The maximum atomic E-state index is 13.1. The summed E-state index contributed by atoms with van der Waals surface area (Å²) in [5, 5.41) is 4.65. The van der Waals surface area contributed by atoms with Crippen LogP contribution in [0.4, 0.5) is 10.1 Å². The molecule has 1 aromatic carbocycles. The number of anilines is 1. The van der Waals surface area contributed by atoms with Crippen molar-refractivity contribution in [2.24, 2.45) is 5.92 Å². The van der Waals surface area contributed by atoms with Gasteiger partial charge in [-0.3, -0.25) is 9.48 Å². The summed E-state index contributed by atoms with van der Waals surface area (Å²) >= 11 is 0. The molecule has 1 aliphatic rings. The zero-order valence-electron chi connectivity index (χ0n) is 17.4. The number of aromatic nitrogens is 2. The van der Waals surface area contributed by atoms with Gasteiger partial charge in [0.2, 0.25) is 5.91 Å². The van der Waals surface area contributed by atoms with Crippen LogP contribution in [0.25, 0.3) is 0 Å². The zero-order chi connectivity index (χ0) is 20.3. The van der Waals surface area contributed by atoms with Gasteiger partial charge < -0.3 is 9.80 Å². The number of piperazine rings is 1. The molecule has 6 heteroatoms. The molecular weight excluding hydrogens is 355 g/mol. The minimum atomic E-state index is -0.222. The first-order chi connectivity index (χ1) is 13.3. The van der Waals surface area contributed by atoms with Gasteiger partial charge in [-0.25, -0.2) is 4.39 Å². The predicted molar refractivity (Wildman–Crippen MR) is 110 cm³/mol. The molecule has 0 aliphatic carbocycles. The minimum absolute atomic E-state index is 0.203. The van der Waals surface area contributed by atoms with Crippen molar-refractivity contribution in [2.45, 2.75) is 47.1 Å². The number of benzene rings is 1. The normalized spacial score (nSPS) is 14.8. The van der Waals surface area contributed by atoms with Gasteiger partial charge in [0, 0.05) is 50.5 Å². The highest BCUT2D eigenvalue weighted by Crippen LogP contribution is 2.19. The summed E-state index contributed by atoms with van der Waals surface area (Å²) in [6, 6.07) is 6.56. The van der Waals surface area contributed by atoms with Gasteiger partial charge in [0.05, 0.1) is 5.69 Å². The lowest BCUT2D eigenvalue weighted by molar-refractivity contribution is -0.131. The molecule has 2 heterocycles. The summed E-state index contributed by atoms with van der Waals surface area (Å²) in [4.78, 5) is 16.8. The molecule has 0 spiro atoms. The van der Waals surface area contributed by atoms with Crippen LogP contribution in [0.1, 0.15) is 37.2 Å². The highest BCUT2D eigenvalue weighted by Gasteiger charge is 2.22. The number of halogens is 1. The van der Waals surface area contributed by atoms with Crippen molar-refractivity contribution in [3.63, 3.8) is 0 Å². The number of nitrogens with zero attached hydrogens (tertiary/aromatic N) is 4. The fourth-order valence-electron chi connectivity index (χ4n) is 3.88. The first-order valence-electron chi connectivity index (χ1n) is 10.2. The van der Waals surface area contributed by atoms with Crippen molar-refractivity contribution in [2.75, 3.05) is 31.1 Å². The van der Waals surface area contributed by atoms with Crippen LogP contribution in [0, 0.1) is 25.6 Å². The Labute approximate surface area is 167 Å². The number of carbonyl (C=O) groups excluding carboxylic acids is 1. The molecule has 28 heavy (non-hydrogen) atoms. The van der Waals surface area contributed by atoms with Crippen LogP contribution in [0.2, 0.25) is 0 Å². The van der Waals surface area contributed by atoms with Crippen molar-refractivity contribution in [1.29, 1.82) is 0 Å². The third-order valence-corrected chi connectivity index (χ3v) is 5.48. The molecule has 0 atom stereocenters. The van der Waals surface area contributed by atoms with Crippen molar-refractivity contribution in [3.05, 3.63) is 47.0 Å². The lowest BCUT2D eigenvalue weighted by Gasteiger charge is -2.36. The lowest BCUT2D eigenvalue weighted by atomic mass is 10.1. The predicted octanol–water partition coefficient (Wildman–Crippen LogP) is 3.58. The summed E-state index contributed by atoms with van der Waals surface area (Å²) in [7, 11) is 0. The Bertz CT molecular complexity index is 805. The van der Waals surface area contributed by atoms with E-state index in [4.69, 9.17) is 0 Å². The van der Waals surface area contributed by atoms with E-state index in [1.807, 2.05) is 11.8 Å². The number of carbonyl (C=O) groups is 1. The van der Waals surface area contributed by atoms with E-state index in [9.17, 15) is 9.18 Å². The second-order valence-corrected chi connectivity index (χ2v) is 8.07. The van der Waals surface area contributed by atoms with Gasteiger partial charge in [0.1, 0.15) is 5.82 Å². The molecule has 0 bridgehead atoms. The average Bonchev–Trinajstić information content (AvgIpc) is 2.93. The summed E-state index contributed by atoms with van der Waals surface area (Å²) in [5.74, 6) is 0.527. The highest BCUT2D eigenvalue weighted by molar-refractivity contribution is 5.77. The number of rotatable bonds is 6. The number of hydrogen-bond acceptors (Lipinski definition) is 3. The fourth-order valence-corrected chi connectivity index (χ4v) is 3.88. The zero-order valence-corrected chi connectivity index (χ0v) is 17.4. The van der Waals surface area contributed by atoms with Gasteiger partial charge >= 0.3 is 0 Å². The Hall–Kier alpha value is -2.37. The number of amides is 1. The molecule has 1 saturated heterocycles. The van der Waals surface area contributed by atoms with Gasteiger partial charge in [0.25, 0.3) is 0 Å². The van der Waals surface area contributed by atoms with Gasteiger partial charge in [-0.2, -0.15) is 5.10 Å². The fraction of sp³-hybridized carbons (Fsp3) is 0.545. The molecule has 1 aromatic heterocycles. The standard InChI is InChI=1S/C22H31FN4O/c1-16(2)15-27-18(4)21(17(3)24-27)9-10-22(28)26-13-11-25(12-14-26)20-7-5-19(23)6-8-20/h5-8,16H,9-15H2,1-4H3. The Morgan fingerprint density at radius 2 is 1.75 bits per heavy atom. The molecule has 1 fully saturated rings. The van der Waals surface area contributed by atoms with Gasteiger partial charge in [0.15, 0.2) is 0 Å². The van der Waals surface area contributed by atoms with Crippen LogP contribution in [0.15, 0.2) is 24.3 Å². The summed E-state index contributed by atoms with van der Waals surface area (Å²) in [6.07, 6.45) is 1.26. The van der Waals surface area contributed by atoms with Crippen LogP contribution in [-0.4, -0.2) is 46.8 Å². The van der Waals surface area contributed by atoms with Crippen molar-refractivity contribution < 1.29 is 9.18 Å². The smallest absolute Gasteiger partial charge is 0.223 e. The topological polar surface area (TPSA) is 41.4 Å². The van der Waals surface area contributed by atoms with E-state index in [0.717, 1.165) is 37.4 Å². The molecule has 152 valence electrons. The van der Waals surface area contributed by atoms with E-state index in [-0.39, 0.29) is 11.7 Å². The Morgan fingerprint density at radius 1 is 1.11 bits per heavy atom. The van der Waals surface area contributed by atoms with Crippen LogP contribution in [-0.2, 0) is 17.8 Å². The molecule has 2 aromatic rings. The van der Waals surface area contributed by atoms with Crippen LogP contribution < -0.4 is 4.90 Å². The van der Waals surface area contributed by atoms with Crippen molar-refractivity contribution in [1.82, 2.24) is 14.7 Å². The maximum absolute atomic E-state index is 13.1. The third-order valence-electron chi connectivity index (χ3n) is 5.48. The summed E-state index contributed by atoms with van der Waals surface area (Å²) in [5.41, 5.74) is 4.43. The molecule has 5 nitrogen and oxygen atoms in total. The second-order valence-electron chi connectivity index (χ2n) is 8.07. The molecule has 1 amide bonds. The van der Waals surface area contributed by atoms with Gasteiger partial charge in [-0.1, -0.05) is 13.8 Å². The van der Waals surface area contributed by atoms with Crippen LogP contribution in [0.5, 0.6) is 0 Å². The molecule has 3 rings (SSSR count). The average molecular weight is 387 g/mol. The molecule has 1 aliphatic heterocycles. The van der Waals surface area contributed by atoms with E-state index in [1.165, 1.54) is 23.4 Å². The maximum Gasteiger partial charge on any atom is 0.223 e. The largest absolute Gasteiger partial charge is 0.368 e. The van der Waals surface area contributed by atoms with E-state index in [1.54, 1.807) is 12.1 Å². The van der Waals surface area contributed by atoms with E-state index < -0.39 is 0 Å². The minimum Gasteiger partial charge on any atom is -0.368 e. The second kappa shape index (κ2) is 8.76. The molecule has 0 radical (unpaired) electrons. The van der Waals surface area contributed by atoms with Gasteiger partial charge in [-0.15, -0.1) is 0 Å². The molecule has 0 unspecified atom stereocenters. The Balaban J connectivity index is 1.52. The first-order valence-corrected chi connectivity index (χ1v) is 10.2. The highest BCUT2D eigenvalue weighted by atomic mass is 19.1. The summed E-state index contributed by atoms with van der Waals surface area (Å²) in [6.45, 7) is 12.4. The van der Waals surface area contributed by atoms with E-state index >= 15 is 0 Å². The van der Waals surface area contributed by atoms with Gasteiger partial charge in [-0.05, 0) is 56.0 Å². The first kappa shape index (κ1) is 20.4. The summed E-state index contributed by atoms with van der Waals surface area (Å²) < 4.78 is 15.2. The lowest BCUT2D eigenvalue weighted by Crippen LogP contribution is -2.48. The number of hydrogen-bond donors (Lipinski definition) is 0. The van der Waals surface area contributed by atoms with E-state index in [0.29, 0.717) is 25.4 Å².